The van der Waals surface area contributed by atoms with E-state index in [4.69, 9.17) is 5.11 Å². The van der Waals surface area contributed by atoms with E-state index in [1.807, 2.05) is 14.1 Å². The smallest absolute Gasteiger partial charge is 0.365 e. The van der Waals surface area contributed by atoms with E-state index < -0.39 is 18.1 Å². The van der Waals surface area contributed by atoms with Crippen LogP contribution in [0.4, 0.5) is 0 Å². The number of hydrogen-bond acceptors (Lipinski definition) is 2. The minimum absolute atomic E-state index is 0.385. The van der Waals surface area contributed by atoms with Gasteiger partial charge in [-0.2, -0.15) is 0 Å². The first-order chi connectivity index (χ1) is 4.95. The summed E-state index contributed by atoms with van der Waals surface area (Å²) in [6.07, 6.45) is -0.0910. The summed E-state index contributed by atoms with van der Waals surface area (Å²) in [5.74, 6) is -0.903. The highest BCUT2D eigenvalue weighted by atomic mass is 16.4. The molecule has 0 amide bonds. The summed E-state index contributed by atoms with van der Waals surface area (Å²) in [5.41, 5.74) is 0. The molecule has 0 radical (unpaired) electrons. The Morgan fingerprint density at radius 1 is 1.55 bits per heavy atom. The van der Waals surface area contributed by atoms with Crippen LogP contribution in [0.15, 0.2) is 0 Å². The molecule has 1 fully saturated rings. The van der Waals surface area contributed by atoms with E-state index in [0.29, 0.717) is 10.9 Å². The summed E-state index contributed by atoms with van der Waals surface area (Å²) >= 11 is 0. The SMILES string of the molecule is C[N+]1(C)CC[C@H](O)[C@@H]1C(=O)O. The van der Waals surface area contributed by atoms with Gasteiger partial charge in [-0.1, -0.05) is 0 Å². The van der Waals surface area contributed by atoms with Crippen molar-refractivity contribution in [1.82, 2.24) is 0 Å². The number of quaternary nitrogens is 1. The maximum absolute atomic E-state index is 10.7. The molecule has 0 bridgehead atoms. The van der Waals surface area contributed by atoms with Crippen LogP contribution < -0.4 is 0 Å². The largest absolute Gasteiger partial charge is 0.477 e. The average Bonchev–Trinajstić information content (AvgIpc) is 2.06. The average molecular weight is 160 g/mol. The quantitative estimate of drug-likeness (QED) is 0.498. The maximum atomic E-state index is 10.7. The van der Waals surface area contributed by atoms with Gasteiger partial charge in [0, 0.05) is 6.42 Å². The van der Waals surface area contributed by atoms with Gasteiger partial charge >= 0.3 is 5.97 Å². The lowest BCUT2D eigenvalue weighted by Crippen LogP contribution is -2.51. The second-order valence-corrected chi connectivity index (χ2v) is 3.64. The van der Waals surface area contributed by atoms with Crippen LogP contribution >= 0.6 is 0 Å². The molecule has 0 aromatic heterocycles. The molecule has 1 aliphatic heterocycles. The molecule has 0 aromatic carbocycles. The third kappa shape index (κ3) is 1.36. The fourth-order valence-electron chi connectivity index (χ4n) is 1.69. The summed E-state index contributed by atoms with van der Waals surface area (Å²) < 4.78 is 0.385. The van der Waals surface area contributed by atoms with Crippen molar-refractivity contribution in [1.29, 1.82) is 0 Å². The lowest BCUT2D eigenvalue weighted by atomic mass is 10.1. The third-order valence-electron chi connectivity index (χ3n) is 2.37. The van der Waals surface area contributed by atoms with Crippen molar-refractivity contribution in [2.75, 3.05) is 20.6 Å². The van der Waals surface area contributed by atoms with Crippen molar-refractivity contribution in [2.24, 2.45) is 0 Å². The Labute approximate surface area is 65.6 Å². The van der Waals surface area contributed by atoms with Crippen LogP contribution in [0.25, 0.3) is 0 Å². The number of aliphatic hydroxyl groups excluding tert-OH is 1. The molecule has 0 unspecified atom stereocenters. The number of likely N-dealkylation sites (tertiary alicyclic amines) is 1. The molecule has 0 aliphatic carbocycles. The number of rotatable bonds is 1. The van der Waals surface area contributed by atoms with Crippen molar-refractivity contribution in [3.05, 3.63) is 0 Å². The molecule has 2 atom stereocenters. The van der Waals surface area contributed by atoms with Crippen LogP contribution in [0.1, 0.15) is 6.42 Å². The van der Waals surface area contributed by atoms with Gasteiger partial charge in [-0.25, -0.2) is 4.79 Å². The first-order valence-corrected chi connectivity index (χ1v) is 3.69. The Balaban J connectivity index is 2.80. The molecule has 0 saturated carbocycles. The molecule has 0 spiro atoms. The second-order valence-electron chi connectivity index (χ2n) is 3.64. The highest BCUT2D eigenvalue weighted by Crippen LogP contribution is 2.22. The predicted molar refractivity (Wildman–Crippen MR) is 39.0 cm³/mol. The second kappa shape index (κ2) is 2.46. The summed E-state index contributed by atoms with van der Waals surface area (Å²) in [6.45, 7) is 0.734. The number of carboxylic acids is 1. The molecule has 1 rings (SSSR count). The zero-order valence-corrected chi connectivity index (χ0v) is 6.82. The van der Waals surface area contributed by atoms with Gasteiger partial charge < -0.3 is 14.7 Å². The van der Waals surface area contributed by atoms with Gasteiger partial charge in [-0.3, -0.25) is 0 Å². The van der Waals surface area contributed by atoms with E-state index in [9.17, 15) is 9.90 Å². The van der Waals surface area contributed by atoms with Crippen molar-refractivity contribution in [3.8, 4) is 0 Å². The van der Waals surface area contributed by atoms with Crippen molar-refractivity contribution >= 4 is 5.97 Å². The normalized spacial score (nSPS) is 35.5. The van der Waals surface area contributed by atoms with Crippen molar-refractivity contribution < 1.29 is 19.5 Å². The zero-order valence-electron chi connectivity index (χ0n) is 6.82. The summed E-state index contributed by atoms with van der Waals surface area (Å²) in [5, 5.41) is 18.0. The van der Waals surface area contributed by atoms with Crippen LogP contribution in [-0.2, 0) is 4.79 Å². The van der Waals surface area contributed by atoms with E-state index >= 15 is 0 Å². The minimum Gasteiger partial charge on any atom is -0.477 e. The number of aliphatic carboxylic acids is 1. The number of carboxylic acid groups (broad SMARTS) is 1. The molecule has 0 aromatic rings. The van der Waals surface area contributed by atoms with E-state index in [-0.39, 0.29) is 0 Å². The number of likely N-dealkylation sites (N-methyl/N-ethyl adjacent to an activating group) is 1. The van der Waals surface area contributed by atoms with Crippen LogP contribution in [0.3, 0.4) is 0 Å². The molecule has 4 nitrogen and oxygen atoms in total. The van der Waals surface area contributed by atoms with E-state index in [1.165, 1.54) is 0 Å². The van der Waals surface area contributed by atoms with Crippen molar-refractivity contribution in [3.63, 3.8) is 0 Å². The standard InChI is InChI=1S/C7H13NO3/c1-8(2)4-3-5(9)6(8)7(10)11/h5-6,9H,3-4H2,1-2H3/p+1/t5-,6+/m0/s1. The van der Waals surface area contributed by atoms with Gasteiger partial charge in [-0.05, 0) is 0 Å². The molecule has 1 aliphatic rings. The maximum Gasteiger partial charge on any atom is 0.365 e. The molecule has 11 heavy (non-hydrogen) atoms. The molecule has 1 saturated heterocycles. The predicted octanol–water partition coefficient (Wildman–Crippen LogP) is -0.719. The van der Waals surface area contributed by atoms with Gasteiger partial charge in [0.05, 0.1) is 20.6 Å². The minimum atomic E-state index is -0.903. The van der Waals surface area contributed by atoms with Crippen molar-refractivity contribution in [2.45, 2.75) is 18.6 Å². The Morgan fingerprint density at radius 2 is 2.09 bits per heavy atom. The number of aliphatic hydroxyl groups is 1. The van der Waals surface area contributed by atoms with Gasteiger partial charge in [0.25, 0.3) is 0 Å². The lowest BCUT2D eigenvalue weighted by Gasteiger charge is -2.29. The summed E-state index contributed by atoms with van der Waals surface area (Å²) in [7, 11) is 3.66. The van der Waals surface area contributed by atoms with Gasteiger partial charge in [0.2, 0.25) is 6.04 Å². The number of carbonyl (C=O) groups is 1. The fraction of sp³-hybridized carbons (Fsp3) is 0.857. The Morgan fingerprint density at radius 3 is 2.27 bits per heavy atom. The van der Waals surface area contributed by atoms with Crippen LogP contribution in [-0.4, -0.2) is 53.5 Å². The number of nitrogens with zero attached hydrogens (tertiary/aromatic N) is 1. The van der Waals surface area contributed by atoms with Gasteiger partial charge in [0.15, 0.2) is 0 Å². The molecule has 1 heterocycles. The fourth-order valence-corrected chi connectivity index (χ4v) is 1.69. The first kappa shape index (κ1) is 8.49. The molecule has 4 heteroatoms. The summed E-state index contributed by atoms with van der Waals surface area (Å²) in [6, 6.07) is -0.644. The summed E-state index contributed by atoms with van der Waals surface area (Å²) in [4.78, 5) is 10.7. The molecular weight excluding hydrogens is 146 g/mol. The highest BCUT2D eigenvalue weighted by molar-refractivity contribution is 5.73. The molecule has 2 N–H and O–H groups in total. The highest BCUT2D eigenvalue weighted by Gasteiger charge is 2.46. The van der Waals surface area contributed by atoms with Crippen LogP contribution in [0.5, 0.6) is 0 Å². The first-order valence-electron chi connectivity index (χ1n) is 3.69. The van der Waals surface area contributed by atoms with E-state index in [0.717, 1.165) is 6.54 Å². The van der Waals surface area contributed by atoms with Crippen LogP contribution in [0.2, 0.25) is 0 Å². The van der Waals surface area contributed by atoms with Crippen LogP contribution in [0, 0.1) is 0 Å². The van der Waals surface area contributed by atoms with Gasteiger partial charge in [-0.15, -0.1) is 0 Å². The third-order valence-corrected chi connectivity index (χ3v) is 2.37. The Kier molecular flexibility index (Phi) is 1.90. The number of hydrogen-bond donors (Lipinski definition) is 2. The zero-order chi connectivity index (χ0) is 8.65. The van der Waals surface area contributed by atoms with E-state index in [2.05, 4.69) is 0 Å². The lowest BCUT2D eigenvalue weighted by molar-refractivity contribution is -0.895. The topological polar surface area (TPSA) is 57.5 Å². The molecule has 64 valence electrons. The van der Waals surface area contributed by atoms with E-state index in [1.54, 1.807) is 0 Å². The Bertz CT molecular complexity index is 179. The monoisotopic (exact) mass is 160 g/mol. The van der Waals surface area contributed by atoms with Gasteiger partial charge in [0.1, 0.15) is 6.10 Å². The molecular formula is C7H14NO3+. The Hall–Kier alpha value is -0.610.